The Morgan fingerprint density at radius 2 is 1.85 bits per heavy atom. The molecule has 20 heavy (non-hydrogen) atoms. The van der Waals surface area contributed by atoms with E-state index in [0.717, 1.165) is 45.2 Å². The van der Waals surface area contributed by atoms with Gasteiger partial charge in [-0.15, -0.1) is 0 Å². The summed E-state index contributed by atoms with van der Waals surface area (Å²) in [7, 11) is 0. The lowest BCUT2D eigenvalue weighted by Gasteiger charge is -2.31. The standard InChI is InChI=1S/C17H26N2O/c1-2-12-19(13-14-6-4-3-5-7-14)17(20)15-8-10-16(18)11-9-15/h3-7,15-16H,2,8-13,18H2,1H3. The molecule has 3 heteroatoms. The molecule has 110 valence electrons. The summed E-state index contributed by atoms with van der Waals surface area (Å²) in [6.07, 6.45) is 4.89. The number of nitrogens with two attached hydrogens (primary N) is 1. The molecule has 0 saturated heterocycles. The molecule has 0 radical (unpaired) electrons. The molecule has 0 spiro atoms. The zero-order valence-electron chi connectivity index (χ0n) is 12.4. The lowest BCUT2D eigenvalue weighted by Crippen LogP contribution is -2.39. The lowest BCUT2D eigenvalue weighted by atomic mass is 9.85. The second kappa shape index (κ2) is 7.44. The number of benzene rings is 1. The second-order valence-corrected chi connectivity index (χ2v) is 5.86. The van der Waals surface area contributed by atoms with Crippen LogP contribution in [0.5, 0.6) is 0 Å². The van der Waals surface area contributed by atoms with Crippen molar-refractivity contribution in [3.63, 3.8) is 0 Å². The van der Waals surface area contributed by atoms with E-state index in [0.29, 0.717) is 11.9 Å². The quantitative estimate of drug-likeness (QED) is 0.897. The molecule has 0 atom stereocenters. The summed E-state index contributed by atoms with van der Waals surface area (Å²) in [6, 6.07) is 10.6. The van der Waals surface area contributed by atoms with Crippen molar-refractivity contribution in [3.05, 3.63) is 35.9 Å². The van der Waals surface area contributed by atoms with Crippen molar-refractivity contribution in [1.82, 2.24) is 4.90 Å². The Labute approximate surface area is 122 Å². The SMILES string of the molecule is CCCN(Cc1ccccc1)C(=O)C1CCC(N)CC1. The third-order valence-electron chi connectivity index (χ3n) is 4.14. The average Bonchev–Trinajstić information content (AvgIpc) is 2.48. The summed E-state index contributed by atoms with van der Waals surface area (Å²) in [6.45, 7) is 3.70. The fourth-order valence-corrected chi connectivity index (χ4v) is 2.97. The van der Waals surface area contributed by atoms with Crippen LogP contribution in [0.4, 0.5) is 0 Å². The number of rotatable bonds is 5. The summed E-state index contributed by atoms with van der Waals surface area (Å²) >= 11 is 0. The number of nitrogens with zero attached hydrogens (tertiary/aromatic N) is 1. The van der Waals surface area contributed by atoms with Crippen molar-refractivity contribution in [1.29, 1.82) is 0 Å². The number of hydrogen-bond acceptors (Lipinski definition) is 2. The van der Waals surface area contributed by atoms with Gasteiger partial charge in [-0.2, -0.15) is 0 Å². The van der Waals surface area contributed by atoms with Gasteiger partial charge in [-0.3, -0.25) is 4.79 Å². The molecule has 0 unspecified atom stereocenters. The van der Waals surface area contributed by atoms with Crippen LogP contribution in [0.2, 0.25) is 0 Å². The van der Waals surface area contributed by atoms with Gasteiger partial charge in [0, 0.05) is 25.0 Å². The smallest absolute Gasteiger partial charge is 0.225 e. The molecule has 0 heterocycles. The molecule has 2 rings (SSSR count). The highest BCUT2D eigenvalue weighted by molar-refractivity contribution is 5.79. The fraction of sp³-hybridized carbons (Fsp3) is 0.588. The van der Waals surface area contributed by atoms with Crippen LogP contribution in [-0.4, -0.2) is 23.4 Å². The van der Waals surface area contributed by atoms with Crippen molar-refractivity contribution in [2.45, 2.75) is 51.6 Å². The first-order chi connectivity index (χ1) is 9.70. The van der Waals surface area contributed by atoms with E-state index in [-0.39, 0.29) is 5.92 Å². The Hall–Kier alpha value is -1.35. The molecule has 0 aromatic heterocycles. The number of carbonyl (C=O) groups excluding carboxylic acids is 1. The first-order valence-corrected chi connectivity index (χ1v) is 7.79. The molecule has 0 bridgehead atoms. The number of amides is 1. The van der Waals surface area contributed by atoms with Gasteiger partial charge >= 0.3 is 0 Å². The maximum absolute atomic E-state index is 12.7. The summed E-state index contributed by atoms with van der Waals surface area (Å²) in [5, 5.41) is 0. The third-order valence-corrected chi connectivity index (χ3v) is 4.14. The molecule has 0 aliphatic heterocycles. The Bertz CT molecular complexity index is 410. The van der Waals surface area contributed by atoms with Crippen LogP contribution in [0.15, 0.2) is 30.3 Å². The second-order valence-electron chi connectivity index (χ2n) is 5.86. The van der Waals surface area contributed by atoms with Crippen LogP contribution in [0.25, 0.3) is 0 Å². The zero-order valence-corrected chi connectivity index (χ0v) is 12.4. The molecular formula is C17H26N2O. The number of hydrogen-bond donors (Lipinski definition) is 1. The van der Waals surface area contributed by atoms with Gasteiger partial charge in [-0.1, -0.05) is 37.3 Å². The topological polar surface area (TPSA) is 46.3 Å². The van der Waals surface area contributed by atoms with E-state index < -0.39 is 0 Å². The van der Waals surface area contributed by atoms with E-state index in [2.05, 4.69) is 19.1 Å². The van der Waals surface area contributed by atoms with Crippen molar-refractivity contribution in [3.8, 4) is 0 Å². The number of carbonyl (C=O) groups is 1. The molecule has 1 amide bonds. The van der Waals surface area contributed by atoms with Crippen molar-refractivity contribution in [2.24, 2.45) is 11.7 Å². The monoisotopic (exact) mass is 274 g/mol. The van der Waals surface area contributed by atoms with Gasteiger partial charge < -0.3 is 10.6 Å². The van der Waals surface area contributed by atoms with Crippen LogP contribution in [0, 0.1) is 5.92 Å². The lowest BCUT2D eigenvalue weighted by molar-refractivity contribution is -0.137. The van der Waals surface area contributed by atoms with Crippen LogP contribution >= 0.6 is 0 Å². The molecule has 1 fully saturated rings. The van der Waals surface area contributed by atoms with Gasteiger partial charge in [-0.05, 0) is 37.7 Å². The van der Waals surface area contributed by atoms with Crippen molar-refractivity contribution in [2.75, 3.05) is 6.54 Å². The molecule has 3 nitrogen and oxygen atoms in total. The minimum atomic E-state index is 0.185. The summed E-state index contributed by atoms with van der Waals surface area (Å²) in [5.41, 5.74) is 7.14. The summed E-state index contributed by atoms with van der Waals surface area (Å²) in [5.74, 6) is 0.507. The van der Waals surface area contributed by atoms with Gasteiger partial charge in [0.1, 0.15) is 0 Å². The minimum Gasteiger partial charge on any atom is -0.338 e. The maximum atomic E-state index is 12.7. The first kappa shape index (κ1) is 15.0. The van der Waals surface area contributed by atoms with Crippen molar-refractivity contribution < 1.29 is 4.79 Å². The molecular weight excluding hydrogens is 248 g/mol. The molecule has 2 N–H and O–H groups in total. The molecule has 1 aliphatic rings. The summed E-state index contributed by atoms with van der Waals surface area (Å²) in [4.78, 5) is 14.7. The maximum Gasteiger partial charge on any atom is 0.225 e. The van der Waals surface area contributed by atoms with Gasteiger partial charge in [0.2, 0.25) is 5.91 Å². The predicted octanol–water partition coefficient (Wildman–Crippen LogP) is 2.94. The third kappa shape index (κ3) is 4.07. The molecule has 1 aromatic rings. The summed E-state index contributed by atoms with van der Waals surface area (Å²) < 4.78 is 0. The van der Waals surface area contributed by atoms with E-state index in [4.69, 9.17) is 5.73 Å². The average molecular weight is 274 g/mol. The van der Waals surface area contributed by atoms with Gasteiger partial charge in [0.05, 0.1) is 0 Å². The Morgan fingerprint density at radius 1 is 1.20 bits per heavy atom. The Morgan fingerprint density at radius 3 is 2.45 bits per heavy atom. The van der Waals surface area contributed by atoms with Crippen LogP contribution in [0.3, 0.4) is 0 Å². The van der Waals surface area contributed by atoms with E-state index in [1.807, 2.05) is 23.1 Å². The van der Waals surface area contributed by atoms with Gasteiger partial charge in [0.25, 0.3) is 0 Å². The van der Waals surface area contributed by atoms with E-state index in [1.165, 1.54) is 5.56 Å². The van der Waals surface area contributed by atoms with Crippen LogP contribution in [0.1, 0.15) is 44.6 Å². The van der Waals surface area contributed by atoms with Crippen molar-refractivity contribution >= 4 is 5.91 Å². The highest BCUT2D eigenvalue weighted by Crippen LogP contribution is 2.25. The normalized spacial score (nSPS) is 22.5. The minimum absolute atomic E-state index is 0.185. The van der Waals surface area contributed by atoms with Crippen LogP contribution < -0.4 is 5.73 Å². The zero-order chi connectivity index (χ0) is 14.4. The van der Waals surface area contributed by atoms with Gasteiger partial charge in [0.15, 0.2) is 0 Å². The predicted molar refractivity (Wildman–Crippen MR) is 82.1 cm³/mol. The first-order valence-electron chi connectivity index (χ1n) is 7.79. The largest absolute Gasteiger partial charge is 0.338 e. The molecule has 1 aromatic carbocycles. The van der Waals surface area contributed by atoms with E-state index in [9.17, 15) is 4.79 Å². The van der Waals surface area contributed by atoms with E-state index in [1.54, 1.807) is 0 Å². The fourth-order valence-electron chi connectivity index (χ4n) is 2.97. The Balaban J connectivity index is 1.98. The van der Waals surface area contributed by atoms with Crippen LogP contribution in [-0.2, 0) is 11.3 Å². The van der Waals surface area contributed by atoms with E-state index >= 15 is 0 Å². The molecule has 1 saturated carbocycles. The molecule has 1 aliphatic carbocycles. The highest BCUT2D eigenvalue weighted by Gasteiger charge is 2.27. The van der Waals surface area contributed by atoms with Gasteiger partial charge in [-0.25, -0.2) is 0 Å². The Kier molecular flexibility index (Phi) is 5.60. The highest BCUT2D eigenvalue weighted by atomic mass is 16.2.